The van der Waals surface area contributed by atoms with Crippen LogP contribution in [0.2, 0.25) is 0 Å². The number of para-hydroxylation sites is 1. The third kappa shape index (κ3) is 3.55. The van der Waals surface area contributed by atoms with Gasteiger partial charge in [-0.1, -0.05) is 45.4 Å². The molecule has 1 heteroatoms. The zero-order valence-electron chi connectivity index (χ0n) is 11.1. The number of hydrogen-bond acceptors (Lipinski definition) is 1. The third-order valence-electron chi connectivity index (χ3n) is 3.15. The summed E-state index contributed by atoms with van der Waals surface area (Å²) in [7, 11) is 0. The normalized spacial score (nSPS) is 12.5. The quantitative estimate of drug-likeness (QED) is 0.747. The SMILES string of the molecule is CCCC(C)CNc1c(C)cccc1CC. The van der Waals surface area contributed by atoms with Gasteiger partial charge >= 0.3 is 0 Å². The van der Waals surface area contributed by atoms with E-state index in [-0.39, 0.29) is 0 Å². The molecule has 1 atom stereocenters. The molecule has 1 unspecified atom stereocenters. The highest BCUT2D eigenvalue weighted by molar-refractivity contribution is 5.57. The number of nitrogens with one attached hydrogen (secondary N) is 1. The molecule has 1 nitrogen and oxygen atoms in total. The molecule has 1 rings (SSSR count). The first-order valence-corrected chi connectivity index (χ1v) is 6.51. The first-order valence-electron chi connectivity index (χ1n) is 6.51. The van der Waals surface area contributed by atoms with Crippen molar-refractivity contribution in [2.24, 2.45) is 5.92 Å². The van der Waals surface area contributed by atoms with Crippen molar-refractivity contribution < 1.29 is 0 Å². The van der Waals surface area contributed by atoms with Gasteiger partial charge in [0.15, 0.2) is 0 Å². The molecular weight excluding hydrogens is 194 g/mol. The van der Waals surface area contributed by atoms with E-state index in [1.54, 1.807) is 0 Å². The van der Waals surface area contributed by atoms with Gasteiger partial charge in [-0.2, -0.15) is 0 Å². The lowest BCUT2D eigenvalue weighted by molar-refractivity contribution is 0.550. The predicted octanol–water partition coefficient (Wildman–Crippen LogP) is 4.41. The average Bonchev–Trinajstić information content (AvgIpc) is 2.27. The van der Waals surface area contributed by atoms with Crippen molar-refractivity contribution in [2.75, 3.05) is 11.9 Å². The van der Waals surface area contributed by atoms with Gasteiger partial charge in [0, 0.05) is 12.2 Å². The van der Waals surface area contributed by atoms with Gasteiger partial charge in [0.1, 0.15) is 0 Å². The molecule has 0 radical (unpaired) electrons. The second kappa shape index (κ2) is 6.57. The lowest BCUT2D eigenvalue weighted by Gasteiger charge is -2.17. The molecule has 90 valence electrons. The van der Waals surface area contributed by atoms with E-state index in [0.717, 1.165) is 18.9 Å². The Kier molecular flexibility index (Phi) is 5.37. The fraction of sp³-hybridized carbons (Fsp3) is 0.600. The molecule has 0 aliphatic carbocycles. The minimum atomic E-state index is 0.759. The lowest BCUT2D eigenvalue weighted by atomic mass is 10.0. The predicted molar refractivity (Wildman–Crippen MR) is 73.1 cm³/mol. The van der Waals surface area contributed by atoms with Crippen molar-refractivity contribution in [1.29, 1.82) is 0 Å². The summed E-state index contributed by atoms with van der Waals surface area (Å²) < 4.78 is 0. The Labute approximate surface area is 100 Å². The van der Waals surface area contributed by atoms with Crippen LogP contribution < -0.4 is 5.32 Å². The van der Waals surface area contributed by atoms with E-state index in [9.17, 15) is 0 Å². The zero-order chi connectivity index (χ0) is 12.0. The van der Waals surface area contributed by atoms with Crippen LogP contribution in [0.15, 0.2) is 18.2 Å². The van der Waals surface area contributed by atoms with Gasteiger partial charge < -0.3 is 5.32 Å². The van der Waals surface area contributed by atoms with E-state index in [4.69, 9.17) is 0 Å². The number of benzene rings is 1. The van der Waals surface area contributed by atoms with Gasteiger partial charge in [0.2, 0.25) is 0 Å². The molecule has 1 N–H and O–H groups in total. The van der Waals surface area contributed by atoms with Gasteiger partial charge in [0.05, 0.1) is 0 Å². The topological polar surface area (TPSA) is 12.0 Å². The van der Waals surface area contributed by atoms with Crippen LogP contribution in [0, 0.1) is 12.8 Å². The summed E-state index contributed by atoms with van der Waals surface area (Å²) in [6.45, 7) is 10.1. The van der Waals surface area contributed by atoms with E-state index in [0.29, 0.717) is 0 Å². The van der Waals surface area contributed by atoms with Crippen molar-refractivity contribution >= 4 is 5.69 Å². The van der Waals surface area contributed by atoms with Crippen molar-refractivity contribution in [3.05, 3.63) is 29.3 Å². The lowest BCUT2D eigenvalue weighted by Crippen LogP contribution is -2.13. The zero-order valence-corrected chi connectivity index (χ0v) is 11.1. The average molecular weight is 219 g/mol. The van der Waals surface area contributed by atoms with Crippen LogP contribution in [0.5, 0.6) is 0 Å². The highest BCUT2D eigenvalue weighted by Crippen LogP contribution is 2.21. The molecule has 0 saturated heterocycles. The maximum Gasteiger partial charge on any atom is 0.0402 e. The standard InChI is InChI=1S/C15H25N/c1-5-8-12(3)11-16-15-13(4)9-7-10-14(15)6-2/h7,9-10,12,16H,5-6,8,11H2,1-4H3. The minimum absolute atomic E-state index is 0.759. The Morgan fingerprint density at radius 3 is 2.62 bits per heavy atom. The maximum absolute atomic E-state index is 3.62. The smallest absolute Gasteiger partial charge is 0.0402 e. The van der Waals surface area contributed by atoms with Crippen LogP contribution in [-0.2, 0) is 6.42 Å². The summed E-state index contributed by atoms with van der Waals surface area (Å²) in [4.78, 5) is 0. The van der Waals surface area contributed by atoms with Crippen LogP contribution in [0.3, 0.4) is 0 Å². The molecule has 0 aliphatic rings. The maximum atomic E-state index is 3.62. The Balaban J connectivity index is 2.65. The van der Waals surface area contributed by atoms with Gasteiger partial charge in [-0.25, -0.2) is 0 Å². The molecule has 1 aromatic carbocycles. The van der Waals surface area contributed by atoms with Gasteiger partial charge in [0.25, 0.3) is 0 Å². The molecule has 0 saturated carbocycles. The van der Waals surface area contributed by atoms with E-state index >= 15 is 0 Å². The fourth-order valence-corrected chi connectivity index (χ4v) is 2.15. The van der Waals surface area contributed by atoms with Crippen LogP contribution in [0.4, 0.5) is 5.69 Å². The van der Waals surface area contributed by atoms with Crippen LogP contribution in [0.25, 0.3) is 0 Å². The second-order valence-corrected chi connectivity index (χ2v) is 4.74. The van der Waals surface area contributed by atoms with Gasteiger partial charge in [-0.15, -0.1) is 0 Å². The van der Waals surface area contributed by atoms with E-state index in [1.807, 2.05) is 0 Å². The van der Waals surface area contributed by atoms with E-state index in [1.165, 1.54) is 29.7 Å². The molecule has 0 heterocycles. The summed E-state index contributed by atoms with van der Waals surface area (Å²) in [5.74, 6) is 0.759. The number of hydrogen-bond donors (Lipinski definition) is 1. The highest BCUT2D eigenvalue weighted by Gasteiger charge is 2.05. The largest absolute Gasteiger partial charge is 0.384 e. The highest BCUT2D eigenvalue weighted by atomic mass is 14.9. The van der Waals surface area contributed by atoms with Crippen LogP contribution in [0.1, 0.15) is 44.7 Å². The molecule has 0 fully saturated rings. The Morgan fingerprint density at radius 2 is 2.00 bits per heavy atom. The van der Waals surface area contributed by atoms with Crippen LogP contribution in [-0.4, -0.2) is 6.54 Å². The second-order valence-electron chi connectivity index (χ2n) is 4.74. The fourth-order valence-electron chi connectivity index (χ4n) is 2.15. The molecule has 0 spiro atoms. The first kappa shape index (κ1) is 13.1. The summed E-state index contributed by atoms with van der Waals surface area (Å²) in [5, 5.41) is 3.62. The number of aryl methyl sites for hydroxylation is 2. The number of anilines is 1. The third-order valence-corrected chi connectivity index (χ3v) is 3.15. The monoisotopic (exact) mass is 219 g/mol. The molecule has 0 aromatic heterocycles. The van der Waals surface area contributed by atoms with Crippen molar-refractivity contribution in [2.45, 2.75) is 47.0 Å². The van der Waals surface area contributed by atoms with E-state index in [2.05, 4.69) is 51.2 Å². The van der Waals surface area contributed by atoms with Crippen molar-refractivity contribution in [1.82, 2.24) is 0 Å². The molecule has 0 aliphatic heterocycles. The Morgan fingerprint density at radius 1 is 1.25 bits per heavy atom. The molecule has 0 amide bonds. The molecular formula is C15H25N. The molecule has 16 heavy (non-hydrogen) atoms. The van der Waals surface area contributed by atoms with Gasteiger partial charge in [-0.3, -0.25) is 0 Å². The summed E-state index contributed by atoms with van der Waals surface area (Å²) in [6, 6.07) is 6.56. The summed E-state index contributed by atoms with van der Waals surface area (Å²) in [6.07, 6.45) is 3.68. The van der Waals surface area contributed by atoms with Gasteiger partial charge in [-0.05, 0) is 36.8 Å². The molecule has 1 aromatic rings. The van der Waals surface area contributed by atoms with E-state index < -0.39 is 0 Å². The Bertz CT molecular complexity index is 317. The molecule has 0 bridgehead atoms. The minimum Gasteiger partial charge on any atom is -0.384 e. The first-order chi connectivity index (χ1) is 7.69. The summed E-state index contributed by atoms with van der Waals surface area (Å²) >= 11 is 0. The Hall–Kier alpha value is -0.980. The van der Waals surface area contributed by atoms with Crippen LogP contribution >= 0.6 is 0 Å². The van der Waals surface area contributed by atoms with Crippen molar-refractivity contribution in [3.8, 4) is 0 Å². The summed E-state index contributed by atoms with van der Waals surface area (Å²) in [5.41, 5.74) is 4.15. The van der Waals surface area contributed by atoms with Crippen molar-refractivity contribution in [3.63, 3.8) is 0 Å². The number of rotatable bonds is 6.